The highest BCUT2D eigenvalue weighted by molar-refractivity contribution is 6.11. The standard InChI is InChI=1S/C22H23N5O/c1-13(2)12-24-22(28)18-19-21(26-17-10-5-4-9-16(17)25-19)27(20(18)23)15-8-6-7-14(3)11-15/h4-11,13H,12,23H2,1-3H3,(H,24,28). The number of aromatic nitrogens is 3. The Hall–Kier alpha value is -3.41. The number of anilines is 1. The van der Waals surface area contributed by atoms with Gasteiger partial charge in [0.2, 0.25) is 0 Å². The lowest BCUT2D eigenvalue weighted by Gasteiger charge is -2.09. The number of amides is 1. The fourth-order valence-corrected chi connectivity index (χ4v) is 3.30. The van der Waals surface area contributed by atoms with Crippen LogP contribution in [-0.4, -0.2) is 27.0 Å². The highest BCUT2D eigenvalue weighted by Crippen LogP contribution is 2.31. The summed E-state index contributed by atoms with van der Waals surface area (Å²) < 4.78 is 1.81. The number of para-hydroxylation sites is 2. The smallest absolute Gasteiger partial charge is 0.257 e. The van der Waals surface area contributed by atoms with Crippen LogP contribution in [0.25, 0.3) is 27.9 Å². The molecule has 3 N–H and O–H groups in total. The SMILES string of the molecule is Cc1cccc(-n2c(N)c(C(=O)NCC(C)C)c3nc4ccccc4nc32)c1. The molecule has 0 bridgehead atoms. The third-order valence-corrected chi connectivity index (χ3v) is 4.66. The molecule has 0 aliphatic rings. The van der Waals surface area contributed by atoms with Gasteiger partial charge in [-0.1, -0.05) is 38.1 Å². The number of hydrogen-bond acceptors (Lipinski definition) is 4. The summed E-state index contributed by atoms with van der Waals surface area (Å²) in [4.78, 5) is 22.5. The quantitative estimate of drug-likeness (QED) is 0.569. The number of aryl methyl sites for hydroxylation is 1. The highest BCUT2D eigenvalue weighted by Gasteiger charge is 2.24. The van der Waals surface area contributed by atoms with Crippen molar-refractivity contribution in [1.29, 1.82) is 0 Å². The summed E-state index contributed by atoms with van der Waals surface area (Å²) in [5.41, 5.74) is 11.4. The number of hydrogen-bond donors (Lipinski definition) is 2. The van der Waals surface area contributed by atoms with E-state index in [4.69, 9.17) is 15.7 Å². The lowest BCUT2D eigenvalue weighted by atomic mass is 10.2. The largest absolute Gasteiger partial charge is 0.384 e. The molecule has 0 saturated carbocycles. The van der Waals surface area contributed by atoms with E-state index in [0.29, 0.717) is 35.0 Å². The number of nitrogen functional groups attached to an aromatic ring is 1. The average molecular weight is 373 g/mol. The zero-order valence-electron chi connectivity index (χ0n) is 16.2. The summed E-state index contributed by atoms with van der Waals surface area (Å²) in [5.74, 6) is 0.451. The molecule has 0 aliphatic carbocycles. The van der Waals surface area contributed by atoms with Crippen molar-refractivity contribution in [3.63, 3.8) is 0 Å². The molecule has 4 aromatic rings. The molecule has 6 heteroatoms. The minimum Gasteiger partial charge on any atom is -0.384 e. The lowest BCUT2D eigenvalue weighted by molar-refractivity contribution is 0.0951. The van der Waals surface area contributed by atoms with E-state index >= 15 is 0 Å². The Bertz CT molecular complexity index is 1190. The molecule has 0 unspecified atom stereocenters. The first-order valence-corrected chi connectivity index (χ1v) is 9.37. The van der Waals surface area contributed by atoms with Crippen LogP contribution in [0.5, 0.6) is 0 Å². The van der Waals surface area contributed by atoms with Gasteiger partial charge < -0.3 is 11.1 Å². The molecule has 2 aromatic heterocycles. The van der Waals surface area contributed by atoms with Crippen molar-refractivity contribution in [3.05, 3.63) is 59.7 Å². The van der Waals surface area contributed by atoms with Gasteiger partial charge in [-0.3, -0.25) is 9.36 Å². The van der Waals surface area contributed by atoms with E-state index in [9.17, 15) is 4.79 Å². The van der Waals surface area contributed by atoms with Crippen LogP contribution >= 0.6 is 0 Å². The first-order valence-electron chi connectivity index (χ1n) is 9.37. The number of rotatable bonds is 4. The number of nitrogens with one attached hydrogen (secondary N) is 1. The minimum atomic E-state index is -0.229. The zero-order chi connectivity index (χ0) is 19.8. The Balaban J connectivity index is 2.01. The van der Waals surface area contributed by atoms with E-state index in [0.717, 1.165) is 22.3 Å². The fourth-order valence-electron chi connectivity index (χ4n) is 3.30. The molecule has 2 aromatic carbocycles. The van der Waals surface area contributed by atoms with Gasteiger partial charge in [-0.25, -0.2) is 9.97 Å². The van der Waals surface area contributed by atoms with Gasteiger partial charge in [-0.05, 0) is 42.7 Å². The Morgan fingerprint density at radius 2 is 1.82 bits per heavy atom. The van der Waals surface area contributed by atoms with Crippen molar-refractivity contribution in [3.8, 4) is 5.69 Å². The summed E-state index contributed by atoms with van der Waals surface area (Å²) in [6, 6.07) is 15.6. The summed E-state index contributed by atoms with van der Waals surface area (Å²) in [5, 5.41) is 2.96. The zero-order valence-corrected chi connectivity index (χ0v) is 16.2. The van der Waals surface area contributed by atoms with E-state index in [-0.39, 0.29) is 5.91 Å². The van der Waals surface area contributed by atoms with E-state index < -0.39 is 0 Å². The predicted molar refractivity (Wildman–Crippen MR) is 113 cm³/mol. The minimum absolute atomic E-state index is 0.229. The monoisotopic (exact) mass is 373 g/mol. The van der Waals surface area contributed by atoms with Crippen LogP contribution in [0.1, 0.15) is 29.8 Å². The molecule has 0 spiro atoms. The van der Waals surface area contributed by atoms with Gasteiger partial charge in [0.05, 0.1) is 11.0 Å². The van der Waals surface area contributed by atoms with Crippen molar-refractivity contribution in [2.75, 3.05) is 12.3 Å². The van der Waals surface area contributed by atoms with Gasteiger partial charge in [0.1, 0.15) is 16.9 Å². The normalized spacial score (nSPS) is 11.4. The summed E-state index contributed by atoms with van der Waals surface area (Å²) in [6.45, 7) is 6.68. The molecule has 0 fully saturated rings. The molecule has 0 atom stereocenters. The summed E-state index contributed by atoms with van der Waals surface area (Å²) >= 11 is 0. The Morgan fingerprint density at radius 3 is 2.50 bits per heavy atom. The second-order valence-corrected chi connectivity index (χ2v) is 7.42. The molecule has 6 nitrogen and oxygen atoms in total. The van der Waals surface area contributed by atoms with Crippen molar-refractivity contribution >= 4 is 33.9 Å². The van der Waals surface area contributed by atoms with Crippen LogP contribution in [0, 0.1) is 12.8 Å². The van der Waals surface area contributed by atoms with Crippen molar-refractivity contribution in [2.45, 2.75) is 20.8 Å². The number of carbonyl (C=O) groups is 1. The van der Waals surface area contributed by atoms with Gasteiger partial charge in [0.25, 0.3) is 5.91 Å². The van der Waals surface area contributed by atoms with E-state index in [1.807, 2.05) is 73.9 Å². The van der Waals surface area contributed by atoms with Crippen LogP contribution in [0.3, 0.4) is 0 Å². The van der Waals surface area contributed by atoms with E-state index in [2.05, 4.69) is 5.32 Å². The predicted octanol–water partition coefficient (Wildman–Crippen LogP) is 3.85. The molecule has 0 saturated heterocycles. The fraction of sp³-hybridized carbons (Fsp3) is 0.227. The molecular weight excluding hydrogens is 350 g/mol. The third kappa shape index (κ3) is 3.07. The van der Waals surface area contributed by atoms with Crippen LogP contribution in [0.15, 0.2) is 48.5 Å². The maximum atomic E-state index is 13.0. The topological polar surface area (TPSA) is 85.8 Å². The molecular formula is C22H23N5O. The first-order chi connectivity index (χ1) is 13.5. The van der Waals surface area contributed by atoms with Crippen molar-refractivity contribution in [2.24, 2.45) is 5.92 Å². The molecule has 4 rings (SSSR count). The van der Waals surface area contributed by atoms with Crippen LogP contribution in [0.2, 0.25) is 0 Å². The molecule has 0 radical (unpaired) electrons. The number of carbonyl (C=O) groups excluding carboxylic acids is 1. The summed E-state index contributed by atoms with van der Waals surface area (Å²) in [7, 11) is 0. The molecule has 28 heavy (non-hydrogen) atoms. The first kappa shape index (κ1) is 18.0. The molecule has 142 valence electrons. The van der Waals surface area contributed by atoms with Gasteiger partial charge in [-0.2, -0.15) is 0 Å². The van der Waals surface area contributed by atoms with Gasteiger partial charge in [0, 0.05) is 12.2 Å². The average Bonchev–Trinajstić information content (AvgIpc) is 2.95. The van der Waals surface area contributed by atoms with E-state index in [1.54, 1.807) is 0 Å². The third-order valence-electron chi connectivity index (χ3n) is 4.66. The second kappa shape index (κ2) is 6.96. The highest BCUT2D eigenvalue weighted by atomic mass is 16.1. The van der Waals surface area contributed by atoms with Gasteiger partial charge >= 0.3 is 0 Å². The van der Waals surface area contributed by atoms with Crippen molar-refractivity contribution in [1.82, 2.24) is 19.9 Å². The number of nitrogens with two attached hydrogens (primary N) is 1. The number of nitrogens with zero attached hydrogens (tertiary/aromatic N) is 3. The number of fused-ring (bicyclic) bond motifs is 2. The van der Waals surface area contributed by atoms with Gasteiger partial charge in [-0.15, -0.1) is 0 Å². The lowest BCUT2D eigenvalue weighted by Crippen LogP contribution is -2.28. The van der Waals surface area contributed by atoms with Crippen molar-refractivity contribution < 1.29 is 4.79 Å². The Labute approximate surface area is 163 Å². The maximum absolute atomic E-state index is 13.0. The number of benzene rings is 2. The Kier molecular flexibility index (Phi) is 4.47. The summed E-state index contributed by atoms with van der Waals surface area (Å²) in [6.07, 6.45) is 0. The van der Waals surface area contributed by atoms with Crippen LogP contribution < -0.4 is 11.1 Å². The molecule has 0 aliphatic heterocycles. The van der Waals surface area contributed by atoms with Gasteiger partial charge in [0.15, 0.2) is 5.65 Å². The second-order valence-electron chi connectivity index (χ2n) is 7.42. The Morgan fingerprint density at radius 1 is 1.11 bits per heavy atom. The van der Waals surface area contributed by atoms with Crippen LogP contribution in [-0.2, 0) is 0 Å². The molecule has 1 amide bonds. The van der Waals surface area contributed by atoms with Crippen LogP contribution in [0.4, 0.5) is 5.82 Å². The molecule has 2 heterocycles. The maximum Gasteiger partial charge on any atom is 0.257 e. The van der Waals surface area contributed by atoms with E-state index in [1.165, 1.54) is 0 Å².